The van der Waals surface area contributed by atoms with Crippen molar-refractivity contribution in [2.24, 2.45) is 0 Å². The van der Waals surface area contributed by atoms with Crippen molar-refractivity contribution in [2.75, 3.05) is 24.6 Å². The van der Waals surface area contributed by atoms with Crippen LogP contribution in [0.5, 0.6) is 5.75 Å². The van der Waals surface area contributed by atoms with Gasteiger partial charge in [0.05, 0.1) is 12.3 Å². The van der Waals surface area contributed by atoms with Gasteiger partial charge in [0.1, 0.15) is 12.3 Å². The zero-order chi connectivity index (χ0) is 25.5. The molecular formula is C28H27N3O5. The van der Waals surface area contributed by atoms with Crippen LogP contribution in [-0.4, -0.2) is 53.2 Å². The first kappa shape index (κ1) is 24.7. The summed E-state index contributed by atoms with van der Waals surface area (Å²) in [6.45, 7) is 2.27. The van der Waals surface area contributed by atoms with Crippen LogP contribution in [0.3, 0.4) is 0 Å². The molecule has 1 heterocycles. The molecule has 0 aromatic heterocycles. The van der Waals surface area contributed by atoms with E-state index in [2.05, 4.69) is 0 Å². The number of rotatable bonds is 10. The predicted octanol–water partition coefficient (Wildman–Crippen LogP) is 3.65. The van der Waals surface area contributed by atoms with Gasteiger partial charge in [-0.2, -0.15) is 0 Å². The summed E-state index contributed by atoms with van der Waals surface area (Å²) in [5.41, 5.74) is 2.15. The highest BCUT2D eigenvalue weighted by atomic mass is 16.5. The predicted molar refractivity (Wildman–Crippen MR) is 134 cm³/mol. The van der Waals surface area contributed by atoms with Crippen LogP contribution in [-0.2, 0) is 27.3 Å². The minimum atomic E-state index is -1.04. The zero-order valence-electron chi connectivity index (χ0n) is 20.0. The lowest BCUT2D eigenvalue weighted by Crippen LogP contribution is -2.44. The molecule has 5 amide bonds. The summed E-state index contributed by atoms with van der Waals surface area (Å²) in [7, 11) is 0. The Morgan fingerprint density at radius 3 is 2.08 bits per heavy atom. The molecule has 0 unspecified atom stereocenters. The van der Waals surface area contributed by atoms with Gasteiger partial charge in [0.25, 0.3) is 0 Å². The SMILES string of the molecule is CCOc1ccccc1N1C(=O)C(=O)N(CC(=O)N(CCc2ccccc2)Cc2ccccc2)C1=O. The molecule has 0 aliphatic carbocycles. The standard InChI is InChI=1S/C28H27N3O5/c1-2-36-24-16-10-9-15-23(24)31-27(34)26(33)30(28(31)35)20-25(32)29(19-22-13-7-4-8-14-22)18-17-21-11-5-3-6-12-21/h3-16H,2,17-20H2,1H3. The lowest BCUT2D eigenvalue weighted by atomic mass is 10.1. The Kier molecular flexibility index (Phi) is 7.75. The van der Waals surface area contributed by atoms with Crippen LogP contribution in [0.15, 0.2) is 84.9 Å². The first-order valence-electron chi connectivity index (χ1n) is 11.8. The summed E-state index contributed by atoms with van der Waals surface area (Å²) >= 11 is 0. The fourth-order valence-corrected chi connectivity index (χ4v) is 4.02. The number of benzene rings is 3. The van der Waals surface area contributed by atoms with Crippen molar-refractivity contribution in [1.82, 2.24) is 9.80 Å². The van der Waals surface area contributed by atoms with E-state index in [0.29, 0.717) is 36.8 Å². The maximum atomic E-state index is 13.4. The van der Waals surface area contributed by atoms with Gasteiger partial charge in [-0.3, -0.25) is 14.4 Å². The average Bonchev–Trinajstić information content (AvgIpc) is 3.11. The van der Waals surface area contributed by atoms with Gasteiger partial charge in [0.15, 0.2) is 0 Å². The molecule has 1 aliphatic rings. The third-order valence-corrected chi connectivity index (χ3v) is 5.83. The maximum Gasteiger partial charge on any atom is 0.339 e. The van der Waals surface area contributed by atoms with E-state index in [9.17, 15) is 19.2 Å². The van der Waals surface area contributed by atoms with Gasteiger partial charge in [0.2, 0.25) is 5.91 Å². The van der Waals surface area contributed by atoms with Crippen molar-refractivity contribution in [3.8, 4) is 5.75 Å². The topological polar surface area (TPSA) is 87.2 Å². The summed E-state index contributed by atoms with van der Waals surface area (Å²) in [6.07, 6.45) is 0.605. The Balaban J connectivity index is 1.53. The quantitative estimate of drug-likeness (QED) is 0.323. The van der Waals surface area contributed by atoms with E-state index >= 15 is 0 Å². The number of carbonyl (C=O) groups excluding carboxylic acids is 4. The Morgan fingerprint density at radius 2 is 1.42 bits per heavy atom. The van der Waals surface area contributed by atoms with E-state index in [1.807, 2.05) is 60.7 Å². The number of hydrogen-bond donors (Lipinski definition) is 0. The molecule has 1 fully saturated rings. The van der Waals surface area contributed by atoms with Gasteiger partial charge in [-0.25, -0.2) is 14.6 Å². The first-order valence-corrected chi connectivity index (χ1v) is 11.8. The van der Waals surface area contributed by atoms with E-state index in [1.165, 1.54) is 6.07 Å². The van der Waals surface area contributed by atoms with Crippen molar-refractivity contribution < 1.29 is 23.9 Å². The van der Waals surface area contributed by atoms with E-state index in [1.54, 1.807) is 30.0 Å². The number of hydrogen-bond acceptors (Lipinski definition) is 5. The number of ether oxygens (including phenoxy) is 1. The molecule has 0 radical (unpaired) electrons. The summed E-state index contributed by atoms with van der Waals surface area (Å²) < 4.78 is 5.53. The zero-order valence-corrected chi connectivity index (χ0v) is 20.0. The molecule has 1 aliphatic heterocycles. The second-order valence-corrected chi connectivity index (χ2v) is 8.25. The second-order valence-electron chi connectivity index (χ2n) is 8.25. The average molecular weight is 486 g/mol. The van der Waals surface area contributed by atoms with E-state index in [4.69, 9.17) is 4.74 Å². The molecule has 0 atom stereocenters. The smallest absolute Gasteiger partial charge is 0.339 e. The third-order valence-electron chi connectivity index (χ3n) is 5.83. The number of para-hydroxylation sites is 2. The molecular weight excluding hydrogens is 458 g/mol. The monoisotopic (exact) mass is 485 g/mol. The third kappa shape index (κ3) is 5.43. The van der Waals surface area contributed by atoms with Crippen LogP contribution in [0.4, 0.5) is 10.5 Å². The number of anilines is 1. The number of nitrogens with zero attached hydrogens (tertiary/aromatic N) is 3. The van der Waals surface area contributed by atoms with Gasteiger partial charge in [-0.05, 0) is 36.6 Å². The largest absolute Gasteiger partial charge is 0.492 e. The highest BCUT2D eigenvalue weighted by Gasteiger charge is 2.47. The molecule has 0 bridgehead atoms. The summed E-state index contributed by atoms with van der Waals surface area (Å²) in [6, 6.07) is 24.8. The number of imide groups is 2. The number of carbonyl (C=O) groups is 4. The van der Waals surface area contributed by atoms with Crippen LogP contribution in [0, 0.1) is 0 Å². The Labute approximate surface area is 209 Å². The fraction of sp³-hybridized carbons (Fsp3) is 0.214. The molecule has 3 aromatic rings. The molecule has 0 spiro atoms. The van der Waals surface area contributed by atoms with Crippen molar-refractivity contribution in [2.45, 2.75) is 19.9 Å². The Morgan fingerprint density at radius 1 is 0.806 bits per heavy atom. The number of amides is 5. The van der Waals surface area contributed by atoms with E-state index < -0.39 is 30.3 Å². The molecule has 184 valence electrons. The van der Waals surface area contributed by atoms with Crippen LogP contribution >= 0.6 is 0 Å². The highest BCUT2D eigenvalue weighted by molar-refractivity contribution is 6.53. The summed E-state index contributed by atoms with van der Waals surface area (Å²) in [4.78, 5) is 55.1. The maximum absolute atomic E-state index is 13.4. The molecule has 3 aromatic carbocycles. The second kappa shape index (κ2) is 11.3. The van der Waals surface area contributed by atoms with E-state index in [-0.39, 0.29) is 5.69 Å². The van der Waals surface area contributed by atoms with Crippen LogP contribution < -0.4 is 9.64 Å². The molecule has 8 nitrogen and oxygen atoms in total. The summed E-state index contributed by atoms with van der Waals surface area (Å²) in [5.74, 6) is -2.18. The lowest BCUT2D eigenvalue weighted by Gasteiger charge is -2.25. The number of urea groups is 1. The highest BCUT2D eigenvalue weighted by Crippen LogP contribution is 2.31. The van der Waals surface area contributed by atoms with Crippen LogP contribution in [0.2, 0.25) is 0 Å². The minimum absolute atomic E-state index is 0.169. The van der Waals surface area contributed by atoms with Crippen molar-refractivity contribution in [3.63, 3.8) is 0 Å². The normalized spacial score (nSPS) is 13.3. The van der Waals surface area contributed by atoms with Gasteiger partial charge >= 0.3 is 17.8 Å². The minimum Gasteiger partial charge on any atom is -0.492 e. The van der Waals surface area contributed by atoms with Gasteiger partial charge < -0.3 is 9.64 Å². The van der Waals surface area contributed by atoms with Crippen LogP contribution in [0.1, 0.15) is 18.1 Å². The van der Waals surface area contributed by atoms with Gasteiger partial charge in [-0.1, -0.05) is 72.8 Å². The van der Waals surface area contributed by atoms with Crippen molar-refractivity contribution in [1.29, 1.82) is 0 Å². The fourth-order valence-electron chi connectivity index (χ4n) is 4.02. The first-order chi connectivity index (χ1) is 17.5. The Bertz CT molecular complexity index is 1250. The molecule has 0 N–H and O–H groups in total. The van der Waals surface area contributed by atoms with Gasteiger partial charge in [0, 0.05) is 13.1 Å². The van der Waals surface area contributed by atoms with Crippen LogP contribution in [0.25, 0.3) is 0 Å². The Hall–Kier alpha value is -4.46. The molecule has 1 saturated heterocycles. The lowest BCUT2D eigenvalue weighted by molar-refractivity contribution is -0.142. The molecule has 36 heavy (non-hydrogen) atoms. The molecule has 8 heteroatoms. The van der Waals surface area contributed by atoms with E-state index in [0.717, 1.165) is 16.0 Å². The molecule has 4 rings (SSSR count). The van der Waals surface area contributed by atoms with Gasteiger partial charge in [-0.15, -0.1) is 0 Å². The van der Waals surface area contributed by atoms with Crippen molar-refractivity contribution >= 4 is 29.4 Å². The summed E-state index contributed by atoms with van der Waals surface area (Å²) in [5, 5.41) is 0. The van der Waals surface area contributed by atoms with Crippen molar-refractivity contribution in [3.05, 3.63) is 96.1 Å². The molecule has 0 saturated carbocycles.